The van der Waals surface area contributed by atoms with Crippen LogP contribution in [0.3, 0.4) is 0 Å². The van der Waals surface area contributed by atoms with Gasteiger partial charge < -0.3 is 5.32 Å². The maximum Gasteiger partial charge on any atom is 0.123 e. The molecule has 0 saturated carbocycles. The van der Waals surface area contributed by atoms with Crippen molar-refractivity contribution in [1.29, 1.82) is 0 Å². The van der Waals surface area contributed by atoms with Gasteiger partial charge in [0.2, 0.25) is 0 Å². The van der Waals surface area contributed by atoms with E-state index in [9.17, 15) is 4.39 Å². The molecule has 0 spiro atoms. The highest BCUT2D eigenvalue weighted by atomic mass is 35.5. The molecule has 0 amide bonds. The van der Waals surface area contributed by atoms with Crippen LogP contribution in [0.1, 0.15) is 23.0 Å². The molecule has 5 heteroatoms. The van der Waals surface area contributed by atoms with Gasteiger partial charge in [0, 0.05) is 12.1 Å². The van der Waals surface area contributed by atoms with Crippen LogP contribution in [0, 0.1) is 12.7 Å². The van der Waals surface area contributed by atoms with Crippen LogP contribution in [0.25, 0.3) is 0 Å². The molecule has 2 rings (SSSR count). The summed E-state index contributed by atoms with van der Waals surface area (Å²) in [4.78, 5) is 0. The quantitative estimate of drug-likeness (QED) is 0.934. The van der Waals surface area contributed by atoms with Gasteiger partial charge in [0.25, 0.3) is 0 Å². The number of likely N-dealkylation sites (N-methyl/N-ethyl adjacent to an activating group) is 1. The lowest BCUT2D eigenvalue weighted by Gasteiger charge is -2.17. The van der Waals surface area contributed by atoms with Crippen molar-refractivity contribution in [3.05, 3.63) is 52.1 Å². The summed E-state index contributed by atoms with van der Waals surface area (Å²) < 4.78 is 15.1. The van der Waals surface area contributed by atoms with Crippen LogP contribution < -0.4 is 5.32 Å². The maximum absolute atomic E-state index is 13.3. The first kappa shape index (κ1) is 14.0. The van der Waals surface area contributed by atoms with Crippen LogP contribution in [0.15, 0.2) is 24.3 Å². The summed E-state index contributed by atoms with van der Waals surface area (Å²) in [6.07, 6.45) is 0.617. The van der Waals surface area contributed by atoms with Gasteiger partial charge >= 0.3 is 0 Å². The second kappa shape index (κ2) is 5.72. The Labute approximate surface area is 117 Å². The van der Waals surface area contributed by atoms with Gasteiger partial charge in [-0.15, -0.1) is 0 Å². The van der Waals surface area contributed by atoms with Crippen molar-refractivity contribution in [3.8, 4) is 0 Å². The summed E-state index contributed by atoms with van der Waals surface area (Å²) in [5, 5.41) is 8.14. The molecular formula is C14H17ClFN3. The summed E-state index contributed by atoms with van der Waals surface area (Å²) in [5.41, 5.74) is 2.81. The molecule has 0 bridgehead atoms. The third kappa shape index (κ3) is 3.14. The van der Waals surface area contributed by atoms with Gasteiger partial charge in [-0.1, -0.05) is 11.6 Å². The van der Waals surface area contributed by atoms with Crippen molar-refractivity contribution in [3.63, 3.8) is 0 Å². The first-order valence-electron chi connectivity index (χ1n) is 6.13. The van der Waals surface area contributed by atoms with E-state index in [2.05, 4.69) is 10.4 Å². The zero-order valence-electron chi connectivity index (χ0n) is 11.2. The van der Waals surface area contributed by atoms with E-state index in [0.29, 0.717) is 11.4 Å². The number of nitrogens with zero attached hydrogens (tertiary/aromatic N) is 2. The van der Waals surface area contributed by atoms with Crippen molar-refractivity contribution < 1.29 is 4.39 Å². The van der Waals surface area contributed by atoms with Crippen molar-refractivity contribution in [2.75, 3.05) is 7.05 Å². The largest absolute Gasteiger partial charge is 0.311 e. The number of hydrogen-bond donors (Lipinski definition) is 1. The fourth-order valence-electron chi connectivity index (χ4n) is 2.23. The fraction of sp³-hybridized carbons (Fsp3) is 0.357. The average molecular weight is 282 g/mol. The van der Waals surface area contributed by atoms with E-state index in [1.807, 2.05) is 31.8 Å². The maximum atomic E-state index is 13.3. The van der Waals surface area contributed by atoms with Crippen molar-refractivity contribution in [2.24, 2.45) is 7.05 Å². The molecule has 0 aliphatic heterocycles. The van der Waals surface area contributed by atoms with Crippen molar-refractivity contribution >= 4 is 11.6 Å². The normalized spacial score (nSPS) is 12.7. The molecule has 1 atom stereocenters. The highest BCUT2D eigenvalue weighted by Crippen LogP contribution is 2.24. The standard InChI is InChI=1S/C14H17ClFN3/c1-9-6-14(19(3)18-9)13(17-2)8-10-7-11(16)4-5-12(10)15/h4-7,13,17H,8H2,1-3H3. The number of halogens is 2. The Morgan fingerprint density at radius 1 is 1.42 bits per heavy atom. The lowest BCUT2D eigenvalue weighted by atomic mass is 10.0. The highest BCUT2D eigenvalue weighted by molar-refractivity contribution is 6.31. The van der Waals surface area contributed by atoms with Gasteiger partial charge in [-0.3, -0.25) is 4.68 Å². The molecule has 2 aromatic rings. The van der Waals surface area contributed by atoms with Crippen LogP contribution in [-0.2, 0) is 13.5 Å². The third-order valence-electron chi connectivity index (χ3n) is 3.18. The van der Waals surface area contributed by atoms with E-state index in [1.165, 1.54) is 12.1 Å². The Kier molecular flexibility index (Phi) is 4.22. The van der Waals surface area contributed by atoms with Gasteiger partial charge in [-0.05, 0) is 50.2 Å². The molecule has 0 aliphatic carbocycles. The van der Waals surface area contributed by atoms with Crippen LogP contribution in [-0.4, -0.2) is 16.8 Å². The zero-order chi connectivity index (χ0) is 14.0. The molecule has 1 unspecified atom stereocenters. The Bertz CT molecular complexity index is 580. The Balaban J connectivity index is 2.29. The number of aromatic nitrogens is 2. The Morgan fingerprint density at radius 3 is 2.74 bits per heavy atom. The molecule has 0 aliphatic rings. The lowest BCUT2D eigenvalue weighted by Crippen LogP contribution is -2.21. The van der Waals surface area contributed by atoms with Gasteiger partial charge in [0.15, 0.2) is 0 Å². The minimum absolute atomic E-state index is 0.0468. The summed E-state index contributed by atoms with van der Waals surface area (Å²) in [6.45, 7) is 1.95. The molecule has 19 heavy (non-hydrogen) atoms. The predicted octanol–water partition coefficient (Wildman–Crippen LogP) is 3.02. The van der Waals surface area contributed by atoms with E-state index in [-0.39, 0.29) is 11.9 Å². The first-order chi connectivity index (χ1) is 9.01. The summed E-state index contributed by atoms with van der Waals surface area (Å²) in [7, 11) is 3.78. The predicted molar refractivity (Wildman–Crippen MR) is 74.9 cm³/mol. The smallest absolute Gasteiger partial charge is 0.123 e. The molecule has 1 aromatic carbocycles. The zero-order valence-corrected chi connectivity index (χ0v) is 12.0. The summed E-state index contributed by atoms with van der Waals surface area (Å²) >= 11 is 6.11. The number of nitrogens with one attached hydrogen (secondary N) is 1. The number of rotatable bonds is 4. The molecule has 1 aromatic heterocycles. The third-order valence-corrected chi connectivity index (χ3v) is 3.54. The summed E-state index contributed by atoms with van der Waals surface area (Å²) in [5.74, 6) is -0.268. The Morgan fingerprint density at radius 2 is 2.16 bits per heavy atom. The molecule has 1 heterocycles. The van der Waals surface area contributed by atoms with E-state index >= 15 is 0 Å². The van der Waals surface area contributed by atoms with Crippen LogP contribution >= 0.6 is 11.6 Å². The van der Waals surface area contributed by atoms with E-state index < -0.39 is 0 Å². The SMILES string of the molecule is CNC(Cc1cc(F)ccc1Cl)c1cc(C)nn1C. The van der Waals surface area contributed by atoms with Crippen molar-refractivity contribution in [1.82, 2.24) is 15.1 Å². The first-order valence-corrected chi connectivity index (χ1v) is 6.50. The van der Waals surface area contributed by atoms with E-state index in [0.717, 1.165) is 17.0 Å². The molecular weight excluding hydrogens is 265 g/mol. The Hall–Kier alpha value is -1.39. The van der Waals surface area contributed by atoms with Gasteiger partial charge in [-0.2, -0.15) is 5.10 Å². The number of benzene rings is 1. The molecule has 102 valence electrons. The van der Waals surface area contributed by atoms with Gasteiger partial charge in [0.1, 0.15) is 5.82 Å². The lowest BCUT2D eigenvalue weighted by molar-refractivity contribution is 0.534. The molecule has 3 nitrogen and oxygen atoms in total. The second-order valence-electron chi connectivity index (χ2n) is 4.62. The fourth-order valence-corrected chi connectivity index (χ4v) is 2.43. The van der Waals surface area contributed by atoms with Crippen LogP contribution in [0.4, 0.5) is 4.39 Å². The highest BCUT2D eigenvalue weighted by Gasteiger charge is 2.16. The monoisotopic (exact) mass is 281 g/mol. The molecule has 0 saturated heterocycles. The van der Waals surface area contributed by atoms with E-state index in [1.54, 1.807) is 6.07 Å². The number of hydrogen-bond acceptors (Lipinski definition) is 2. The minimum Gasteiger partial charge on any atom is -0.311 e. The summed E-state index contributed by atoms with van der Waals surface area (Å²) in [6, 6.07) is 6.51. The van der Waals surface area contributed by atoms with E-state index in [4.69, 9.17) is 11.6 Å². The molecule has 1 N–H and O–H groups in total. The second-order valence-corrected chi connectivity index (χ2v) is 5.02. The molecule has 0 fully saturated rings. The topological polar surface area (TPSA) is 29.9 Å². The van der Waals surface area contributed by atoms with Crippen LogP contribution in [0.5, 0.6) is 0 Å². The van der Waals surface area contributed by atoms with Gasteiger partial charge in [-0.25, -0.2) is 4.39 Å². The van der Waals surface area contributed by atoms with Crippen molar-refractivity contribution in [2.45, 2.75) is 19.4 Å². The van der Waals surface area contributed by atoms with Gasteiger partial charge in [0.05, 0.1) is 17.4 Å². The van der Waals surface area contributed by atoms with Crippen LogP contribution in [0.2, 0.25) is 5.02 Å². The number of aryl methyl sites for hydroxylation is 2. The minimum atomic E-state index is -0.268. The average Bonchev–Trinajstić information content (AvgIpc) is 2.69. The molecule has 0 radical (unpaired) electrons.